The first-order valence-electron chi connectivity index (χ1n) is 10.2. The molecule has 0 bridgehead atoms. The Kier molecular flexibility index (Phi) is 7.29. The Morgan fingerprint density at radius 3 is 2.63 bits per heavy atom. The first-order chi connectivity index (χ1) is 14.3. The number of carbonyl (C=O) groups excluding carboxylic acids is 1. The van der Waals surface area contributed by atoms with Crippen LogP contribution in [0.2, 0.25) is 0 Å². The highest BCUT2D eigenvalue weighted by Gasteiger charge is 2.24. The van der Waals surface area contributed by atoms with E-state index >= 15 is 0 Å². The molecule has 1 amide bonds. The van der Waals surface area contributed by atoms with Gasteiger partial charge in [-0.2, -0.15) is 0 Å². The molecular weight excluding hydrogens is 385 g/mol. The molecule has 3 rings (SSSR count). The summed E-state index contributed by atoms with van der Waals surface area (Å²) in [5.41, 5.74) is 7.99. The molecule has 1 unspecified atom stereocenters. The number of nitrogens with two attached hydrogens (primary N) is 1. The van der Waals surface area contributed by atoms with Crippen molar-refractivity contribution in [3.63, 3.8) is 0 Å². The summed E-state index contributed by atoms with van der Waals surface area (Å²) in [5, 5.41) is 10.3. The number of nitrogens with zero attached hydrogens (tertiary/aromatic N) is 2. The molecule has 1 atom stereocenters. The van der Waals surface area contributed by atoms with Gasteiger partial charge in [-0.05, 0) is 61.3 Å². The molecule has 0 spiro atoms. The number of rotatable bonds is 8. The van der Waals surface area contributed by atoms with Crippen LogP contribution in [-0.2, 0) is 4.79 Å². The highest BCUT2D eigenvalue weighted by molar-refractivity contribution is 5.76. The summed E-state index contributed by atoms with van der Waals surface area (Å²) in [7, 11) is 3.91. The third-order valence-electron chi connectivity index (χ3n) is 5.47. The van der Waals surface area contributed by atoms with Crippen molar-refractivity contribution in [1.82, 2.24) is 4.90 Å². The van der Waals surface area contributed by atoms with E-state index in [0.29, 0.717) is 25.1 Å². The molecule has 162 valence electrons. The van der Waals surface area contributed by atoms with Crippen molar-refractivity contribution in [3.8, 4) is 16.9 Å². The van der Waals surface area contributed by atoms with Crippen LogP contribution >= 0.6 is 0 Å². The Bertz CT molecular complexity index is 867. The van der Waals surface area contributed by atoms with Crippen molar-refractivity contribution >= 4 is 11.6 Å². The topological polar surface area (TPSA) is 79.0 Å². The number of piperidine rings is 1. The quantitative estimate of drug-likeness (QED) is 0.693. The van der Waals surface area contributed by atoms with Crippen LogP contribution in [0, 0.1) is 11.7 Å². The standard InChI is InChI=1S/C23H30FN3O3/c1-26(2)20-5-3-4-17(11-20)18-10-19(24)13-22(12-18)30-15-21(28)14-27-8-6-16(7-9-27)23(25)29/h3-5,10-13,16,21,28H,6-9,14-15H2,1-2H3,(H2,25,29). The van der Waals surface area contributed by atoms with Gasteiger partial charge in [0.05, 0.1) is 0 Å². The predicted molar refractivity (Wildman–Crippen MR) is 116 cm³/mol. The van der Waals surface area contributed by atoms with Crippen LogP contribution in [0.4, 0.5) is 10.1 Å². The third kappa shape index (κ3) is 5.93. The molecule has 3 N–H and O–H groups in total. The first kappa shape index (κ1) is 22.1. The minimum atomic E-state index is -0.709. The summed E-state index contributed by atoms with van der Waals surface area (Å²) in [5.74, 6) is -0.338. The molecular formula is C23H30FN3O3. The summed E-state index contributed by atoms with van der Waals surface area (Å²) < 4.78 is 19.9. The van der Waals surface area contributed by atoms with Gasteiger partial charge in [-0.3, -0.25) is 4.79 Å². The molecule has 1 fully saturated rings. The molecule has 7 heteroatoms. The number of aliphatic hydroxyl groups excluding tert-OH is 1. The van der Waals surface area contributed by atoms with E-state index in [9.17, 15) is 14.3 Å². The van der Waals surface area contributed by atoms with Crippen molar-refractivity contribution in [2.24, 2.45) is 11.7 Å². The van der Waals surface area contributed by atoms with Crippen molar-refractivity contribution < 1.29 is 19.0 Å². The van der Waals surface area contributed by atoms with Crippen LogP contribution in [0.15, 0.2) is 42.5 Å². The van der Waals surface area contributed by atoms with E-state index in [0.717, 1.165) is 29.9 Å². The molecule has 1 heterocycles. The lowest BCUT2D eigenvalue weighted by Crippen LogP contribution is -2.43. The Labute approximate surface area is 177 Å². The van der Waals surface area contributed by atoms with E-state index < -0.39 is 6.10 Å². The molecule has 0 aromatic heterocycles. The lowest BCUT2D eigenvalue weighted by atomic mass is 9.96. The second-order valence-electron chi connectivity index (χ2n) is 8.06. The van der Waals surface area contributed by atoms with Crippen LogP contribution < -0.4 is 15.4 Å². The predicted octanol–water partition coefficient (Wildman–Crippen LogP) is 2.50. The lowest BCUT2D eigenvalue weighted by molar-refractivity contribution is -0.123. The highest BCUT2D eigenvalue weighted by Crippen LogP contribution is 2.28. The minimum Gasteiger partial charge on any atom is -0.491 e. The van der Waals surface area contributed by atoms with Crippen LogP contribution in [-0.4, -0.2) is 62.4 Å². The number of carbonyl (C=O) groups is 1. The van der Waals surface area contributed by atoms with E-state index in [1.54, 1.807) is 6.07 Å². The Balaban J connectivity index is 1.58. The second kappa shape index (κ2) is 9.91. The SMILES string of the molecule is CN(C)c1cccc(-c2cc(F)cc(OCC(O)CN3CCC(C(N)=O)CC3)c2)c1. The van der Waals surface area contributed by atoms with Gasteiger partial charge < -0.3 is 25.4 Å². The summed E-state index contributed by atoms with van der Waals surface area (Å²) in [6.45, 7) is 1.95. The average Bonchev–Trinajstić information content (AvgIpc) is 2.72. The van der Waals surface area contributed by atoms with Gasteiger partial charge in [-0.1, -0.05) is 12.1 Å². The van der Waals surface area contributed by atoms with Gasteiger partial charge in [0.1, 0.15) is 24.3 Å². The number of likely N-dealkylation sites (tertiary alicyclic amines) is 1. The fraction of sp³-hybridized carbons (Fsp3) is 0.435. The van der Waals surface area contributed by atoms with Gasteiger partial charge in [-0.15, -0.1) is 0 Å². The minimum absolute atomic E-state index is 0.0659. The van der Waals surface area contributed by atoms with E-state index in [1.807, 2.05) is 43.3 Å². The van der Waals surface area contributed by atoms with Gasteiger partial charge in [0.2, 0.25) is 5.91 Å². The van der Waals surface area contributed by atoms with Gasteiger partial charge in [0.15, 0.2) is 0 Å². The number of aliphatic hydroxyl groups is 1. The number of hydrogen-bond donors (Lipinski definition) is 2. The molecule has 6 nitrogen and oxygen atoms in total. The Morgan fingerprint density at radius 1 is 1.23 bits per heavy atom. The third-order valence-corrected chi connectivity index (χ3v) is 5.47. The van der Waals surface area contributed by atoms with Gasteiger partial charge in [-0.25, -0.2) is 4.39 Å². The van der Waals surface area contributed by atoms with Crippen molar-refractivity contribution in [2.45, 2.75) is 18.9 Å². The van der Waals surface area contributed by atoms with Gasteiger partial charge in [0.25, 0.3) is 0 Å². The van der Waals surface area contributed by atoms with E-state index in [1.165, 1.54) is 12.1 Å². The normalized spacial score (nSPS) is 16.3. The van der Waals surface area contributed by atoms with Crippen LogP contribution in [0.3, 0.4) is 0 Å². The maximum atomic E-state index is 14.2. The summed E-state index contributed by atoms with van der Waals surface area (Å²) in [6.07, 6.45) is 0.712. The maximum absolute atomic E-state index is 14.2. The number of anilines is 1. The molecule has 2 aromatic carbocycles. The summed E-state index contributed by atoms with van der Waals surface area (Å²) >= 11 is 0. The number of β-amino-alcohol motifs (C(OH)–C–C–N with tert-alkyl or cyclic N) is 1. The second-order valence-corrected chi connectivity index (χ2v) is 8.06. The molecule has 0 saturated carbocycles. The van der Waals surface area contributed by atoms with Crippen molar-refractivity contribution in [3.05, 3.63) is 48.3 Å². The van der Waals surface area contributed by atoms with Crippen molar-refractivity contribution in [1.29, 1.82) is 0 Å². The number of hydrogen-bond acceptors (Lipinski definition) is 5. The fourth-order valence-corrected chi connectivity index (χ4v) is 3.72. The fourth-order valence-electron chi connectivity index (χ4n) is 3.72. The highest BCUT2D eigenvalue weighted by atomic mass is 19.1. The largest absolute Gasteiger partial charge is 0.491 e. The smallest absolute Gasteiger partial charge is 0.220 e. The van der Waals surface area contributed by atoms with Crippen LogP contribution in [0.1, 0.15) is 12.8 Å². The maximum Gasteiger partial charge on any atom is 0.220 e. The lowest BCUT2D eigenvalue weighted by Gasteiger charge is -2.31. The summed E-state index contributed by atoms with van der Waals surface area (Å²) in [6, 6.07) is 12.4. The molecule has 1 aliphatic rings. The number of primary amides is 1. The van der Waals surface area contributed by atoms with E-state index in [-0.39, 0.29) is 24.2 Å². The van der Waals surface area contributed by atoms with Gasteiger partial charge in [0, 0.05) is 38.3 Å². The number of amides is 1. The Hall–Kier alpha value is -2.64. The Morgan fingerprint density at radius 2 is 1.97 bits per heavy atom. The van der Waals surface area contributed by atoms with Crippen molar-refractivity contribution in [2.75, 3.05) is 45.2 Å². The molecule has 30 heavy (non-hydrogen) atoms. The van der Waals surface area contributed by atoms with Crippen LogP contribution in [0.25, 0.3) is 11.1 Å². The van der Waals surface area contributed by atoms with Gasteiger partial charge >= 0.3 is 0 Å². The zero-order valence-electron chi connectivity index (χ0n) is 17.6. The zero-order chi connectivity index (χ0) is 21.7. The molecule has 1 saturated heterocycles. The number of halogens is 1. The van der Waals surface area contributed by atoms with E-state index in [4.69, 9.17) is 10.5 Å². The zero-order valence-corrected chi connectivity index (χ0v) is 17.6. The molecule has 2 aromatic rings. The summed E-state index contributed by atoms with van der Waals surface area (Å²) in [4.78, 5) is 15.3. The molecule has 1 aliphatic heterocycles. The molecule has 0 aliphatic carbocycles. The number of benzene rings is 2. The first-order valence-corrected chi connectivity index (χ1v) is 10.2. The van der Waals surface area contributed by atoms with Crippen LogP contribution in [0.5, 0.6) is 5.75 Å². The average molecular weight is 416 g/mol. The number of ether oxygens (including phenoxy) is 1. The monoisotopic (exact) mass is 415 g/mol. The molecule has 0 radical (unpaired) electrons. The van der Waals surface area contributed by atoms with E-state index in [2.05, 4.69) is 4.90 Å².